The number of rotatable bonds is 3. The SMILES string of the molecule is CC1CCN(C2=C(c3ccc(Cl)cc3)C(=O)N(c3ccc(C(F)(F)F)cc3)C2=O)CC1. The molecule has 0 N–H and O–H groups in total. The minimum atomic E-state index is -4.50. The van der Waals surface area contributed by atoms with E-state index in [0.29, 0.717) is 35.3 Å². The predicted molar refractivity (Wildman–Crippen MR) is 112 cm³/mol. The molecule has 1 fully saturated rings. The first-order chi connectivity index (χ1) is 14.7. The van der Waals surface area contributed by atoms with E-state index in [9.17, 15) is 22.8 Å². The van der Waals surface area contributed by atoms with Gasteiger partial charge in [-0.05, 0) is 60.7 Å². The van der Waals surface area contributed by atoms with E-state index in [1.54, 1.807) is 24.3 Å². The van der Waals surface area contributed by atoms with E-state index in [4.69, 9.17) is 11.6 Å². The number of alkyl halides is 3. The molecule has 2 aliphatic rings. The van der Waals surface area contributed by atoms with Gasteiger partial charge in [0.1, 0.15) is 5.70 Å². The number of carbonyl (C=O) groups is 2. The number of imide groups is 1. The molecule has 0 atom stereocenters. The highest BCUT2D eigenvalue weighted by atomic mass is 35.5. The van der Waals surface area contributed by atoms with Crippen LogP contribution in [0.15, 0.2) is 54.2 Å². The number of piperidine rings is 1. The van der Waals surface area contributed by atoms with Crippen LogP contribution in [-0.2, 0) is 15.8 Å². The average molecular weight is 449 g/mol. The van der Waals surface area contributed by atoms with Crippen molar-refractivity contribution in [2.75, 3.05) is 18.0 Å². The molecule has 0 radical (unpaired) electrons. The Morgan fingerprint density at radius 3 is 2.03 bits per heavy atom. The summed E-state index contributed by atoms with van der Waals surface area (Å²) in [6.45, 7) is 3.41. The van der Waals surface area contributed by atoms with Crippen LogP contribution in [0, 0.1) is 5.92 Å². The van der Waals surface area contributed by atoms with Crippen molar-refractivity contribution in [1.82, 2.24) is 4.90 Å². The lowest BCUT2D eigenvalue weighted by Gasteiger charge is -2.32. The average Bonchev–Trinajstić information content (AvgIpc) is 2.99. The second kappa shape index (κ2) is 8.04. The van der Waals surface area contributed by atoms with Crippen LogP contribution < -0.4 is 4.90 Å². The molecule has 2 aromatic carbocycles. The van der Waals surface area contributed by atoms with Crippen molar-refractivity contribution in [3.63, 3.8) is 0 Å². The molecule has 2 aromatic rings. The molecule has 2 heterocycles. The molecule has 0 bridgehead atoms. The number of hydrogen-bond donors (Lipinski definition) is 0. The molecule has 1 saturated heterocycles. The smallest absolute Gasteiger partial charge is 0.366 e. The summed E-state index contributed by atoms with van der Waals surface area (Å²) in [5, 5.41) is 0.495. The lowest BCUT2D eigenvalue weighted by molar-refractivity contribution is -0.137. The maximum atomic E-state index is 13.4. The number of hydrogen-bond acceptors (Lipinski definition) is 3. The van der Waals surface area contributed by atoms with Crippen LogP contribution >= 0.6 is 11.6 Å². The molecular formula is C23H20ClF3N2O2. The van der Waals surface area contributed by atoms with E-state index >= 15 is 0 Å². The van der Waals surface area contributed by atoms with E-state index in [2.05, 4.69) is 6.92 Å². The number of benzene rings is 2. The maximum Gasteiger partial charge on any atom is 0.416 e. The molecule has 31 heavy (non-hydrogen) atoms. The Balaban J connectivity index is 1.76. The fourth-order valence-electron chi connectivity index (χ4n) is 3.95. The Labute approximate surface area is 182 Å². The van der Waals surface area contributed by atoms with Crippen molar-refractivity contribution in [3.05, 3.63) is 70.4 Å². The van der Waals surface area contributed by atoms with Crippen molar-refractivity contribution in [2.24, 2.45) is 5.92 Å². The van der Waals surface area contributed by atoms with E-state index in [-0.39, 0.29) is 11.3 Å². The van der Waals surface area contributed by atoms with Crippen molar-refractivity contribution < 1.29 is 22.8 Å². The Bertz CT molecular complexity index is 1040. The van der Waals surface area contributed by atoms with Gasteiger partial charge in [0, 0.05) is 18.1 Å². The van der Waals surface area contributed by atoms with Gasteiger partial charge in [0.25, 0.3) is 11.8 Å². The van der Waals surface area contributed by atoms with Crippen LogP contribution in [0.3, 0.4) is 0 Å². The van der Waals surface area contributed by atoms with Crippen molar-refractivity contribution >= 4 is 34.7 Å². The molecule has 0 saturated carbocycles. The Kier molecular flexibility index (Phi) is 5.56. The number of carbonyl (C=O) groups excluding carboxylic acids is 2. The van der Waals surface area contributed by atoms with Gasteiger partial charge in [-0.15, -0.1) is 0 Å². The number of amides is 2. The fourth-order valence-corrected chi connectivity index (χ4v) is 4.08. The summed E-state index contributed by atoms with van der Waals surface area (Å²) in [4.78, 5) is 29.6. The van der Waals surface area contributed by atoms with Gasteiger partial charge >= 0.3 is 6.18 Å². The van der Waals surface area contributed by atoms with Gasteiger partial charge in [-0.3, -0.25) is 9.59 Å². The lowest BCUT2D eigenvalue weighted by atomic mass is 9.97. The summed E-state index contributed by atoms with van der Waals surface area (Å²) >= 11 is 5.98. The molecule has 4 rings (SSSR count). The van der Waals surface area contributed by atoms with Crippen molar-refractivity contribution in [1.29, 1.82) is 0 Å². The predicted octanol–water partition coefficient (Wildman–Crippen LogP) is 5.38. The summed E-state index contributed by atoms with van der Waals surface area (Å²) in [5.74, 6) is -0.556. The zero-order chi connectivity index (χ0) is 22.3. The number of nitrogens with zero attached hydrogens (tertiary/aromatic N) is 2. The molecule has 0 spiro atoms. The normalized spacial score (nSPS) is 18.4. The van der Waals surface area contributed by atoms with Crippen LogP contribution in [-0.4, -0.2) is 29.8 Å². The first-order valence-electron chi connectivity index (χ1n) is 9.98. The highest BCUT2D eigenvalue weighted by molar-refractivity contribution is 6.45. The first-order valence-corrected chi connectivity index (χ1v) is 10.4. The van der Waals surface area contributed by atoms with Crippen LogP contribution in [0.2, 0.25) is 5.02 Å². The second-order valence-corrected chi connectivity index (χ2v) is 8.33. The second-order valence-electron chi connectivity index (χ2n) is 7.89. The maximum absolute atomic E-state index is 13.4. The number of halogens is 4. The van der Waals surface area contributed by atoms with Crippen LogP contribution in [0.4, 0.5) is 18.9 Å². The Hall–Kier alpha value is -2.80. The standard InChI is InChI=1S/C23H20ClF3N2O2/c1-14-10-12-28(13-11-14)20-19(15-2-6-17(24)7-3-15)21(30)29(22(20)31)18-8-4-16(5-9-18)23(25,26)27/h2-9,14H,10-13H2,1H3. The van der Waals surface area contributed by atoms with Gasteiger partial charge in [-0.1, -0.05) is 30.7 Å². The van der Waals surface area contributed by atoms with Crippen LogP contribution in [0.1, 0.15) is 30.9 Å². The van der Waals surface area contributed by atoms with E-state index in [1.807, 2.05) is 4.90 Å². The molecule has 4 nitrogen and oxygen atoms in total. The van der Waals surface area contributed by atoms with E-state index < -0.39 is 23.6 Å². The quantitative estimate of drug-likeness (QED) is 0.592. The number of likely N-dealkylation sites (tertiary alicyclic amines) is 1. The van der Waals surface area contributed by atoms with Gasteiger partial charge < -0.3 is 4.90 Å². The minimum absolute atomic E-state index is 0.106. The third-order valence-corrected chi connectivity index (χ3v) is 6.00. The molecular weight excluding hydrogens is 429 g/mol. The first kappa shape index (κ1) is 21.4. The van der Waals surface area contributed by atoms with Crippen LogP contribution in [0.25, 0.3) is 5.57 Å². The Morgan fingerprint density at radius 1 is 0.903 bits per heavy atom. The molecule has 2 amide bonds. The van der Waals surface area contributed by atoms with Gasteiger partial charge in [0.15, 0.2) is 0 Å². The summed E-state index contributed by atoms with van der Waals surface area (Å²) in [7, 11) is 0. The monoisotopic (exact) mass is 448 g/mol. The third-order valence-electron chi connectivity index (χ3n) is 5.75. The third kappa shape index (κ3) is 4.06. The molecule has 8 heteroatoms. The van der Waals surface area contributed by atoms with Gasteiger partial charge in [-0.2, -0.15) is 13.2 Å². The fraction of sp³-hybridized carbons (Fsp3) is 0.304. The van der Waals surface area contributed by atoms with Crippen LogP contribution in [0.5, 0.6) is 0 Å². The van der Waals surface area contributed by atoms with Gasteiger partial charge in [-0.25, -0.2) is 4.90 Å². The van der Waals surface area contributed by atoms with E-state index in [1.165, 1.54) is 0 Å². The molecule has 2 aliphatic heterocycles. The summed E-state index contributed by atoms with van der Waals surface area (Å²) in [5.41, 5.74) is 0.349. The Morgan fingerprint density at radius 2 is 1.48 bits per heavy atom. The lowest BCUT2D eigenvalue weighted by Crippen LogP contribution is -2.38. The van der Waals surface area contributed by atoms with Crippen molar-refractivity contribution in [3.8, 4) is 0 Å². The van der Waals surface area contributed by atoms with Gasteiger partial charge in [0.05, 0.1) is 16.8 Å². The zero-order valence-corrected chi connectivity index (χ0v) is 17.5. The van der Waals surface area contributed by atoms with Gasteiger partial charge in [0.2, 0.25) is 0 Å². The zero-order valence-electron chi connectivity index (χ0n) is 16.7. The molecule has 0 aliphatic carbocycles. The summed E-state index contributed by atoms with van der Waals surface area (Å²) in [6.07, 6.45) is -2.72. The molecule has 0 aromatic heterocycles. The minimum Gasteiger partial charge on any atom is -0.366 e. The molecule has 0 unspecified atom stereocenters. The summed E-state index contributed by atoms with van der Waals surface area (Å²) in [6, 6.07) is 10.7. The summed E-state index contributed by atoms with van der Waals surface area (Å²) < 4.78 is 38.8. The topological polar surface area (TPSA) is 40.6 Å². The molecule has 162 valence electrons. The van der Waals surface area contributed by atoms with E-state index in [0.717, 1.165) is 42.0 Å². The van der Waals surface area contributed by atoms with Crippen molar-refractivity contribution in [2.45, 2.75) is 25.9 Å². The highest BCUT2D eigenvalue weighted by Crippen LogP contribution is 2.38. The highest BCUT2D eigenvalue weighted by Gasteiger charge is 2.43. The number of anilines is 1. The largest absolute Gasteiger partial charge is 0.416 e.